The Balaban J connectivity index is 1.28. The lowest BCUT2D eigenvalue weighted by molar-refractivity contribution is -0.150. The van der Waals surface area contributed by atoms with E-state index < -0.39 is 12.2 Å². The van der Waals surface area contributed by atoms with Crippen LogP contribution in [0.5, 0.6) is 5.75 Å². The molecule has 8 nitrogen and oxygen atoms in total. The second kappa shape index (κ2) is 18.6. The number of rotatable bonds is 16. The predicted molar refractivity (Wildman–Crippen MR) is 166 cm³/mol. The van der Waals surface area contributed by atoms with Crippen LogP contribution in [0.2, 0.25) is 0 Å². The molecule has 9 heteroatoms. The number of nitrogens with one attached hydrogen (secondary N) is 1. The van der Waals surface area contributed by atoms with Crippen LogP contribution in [0.25, 0.3) is 0 Å². The van der Waals surface area contributed by atoms with E-state index in [0.717, 1.165) is 54.1 Å². The van der Waals surface area contributed by atoms with Gasteiger partial charge >= 0.3 is 12.1 Å². The van der Waals surface area contributed by atoms with Crippen LogP contribution in [-0.4, -0.2) is 37.2 Å². The number of carbonyl (C=O) groups excluding carboxylic acids is 3. The van der Waals surface area contributed by atoms with E-state index >= 15 is 0 Å². The molecule has 0 heterocycles. The zero-order valence-electron chi connectivity index (χ0n) is 24.7. The zero-order chi connectivity index (χ0) is 30.2. The third-order valence-electron chi connectivity index (χ3n) is 7.71. The van der Waals surface area contributed by atoms with Crippen molar-refractivity contribution in [2.75, 3.05) is 13.2 Å². The molecule has 3 N–H and O–H groups in total. The van der Waals surface area contributed by atoms with Crippen molar-refractivity contribution in [3.05, 3.63) is 64.1 Å². The number of esters is 1. The summed E-state index contributed by atoms with van der Waals surface area (Å²) in [5.74, 6) is 0.381. The lowest BCUT2D eigenvalue weighted by Gasteiger charge is -2.27. The average molecular weight is 646 g/mol. The SMILES string of the molecule is CCCCCCCCOC(=O)C1CCC(CNC(=O)[C@@H](N)Cc2ccc(OC(=O)OCc3ccccc3Br)cc2)CC1. The van der Waals surface area contributed by atoms with E-state index in [1.54, 1.807) is 24.3 Å². The molecular formula is C33H45BrN2O6. The van der Waals surface area contributed by atoms with Crippen molar-refractivity contribution in [2.45, 2.75) is 90.2 Å². The van der Waals surface area contributed by atoms with Crippen molar-refractivity contribution in [2.24, 2.45) is 17.6 Å². The number of ether oxygens (including phenoxy) is 3. The molecule has 0 radical (unpaired) electrons. The molecule has 2 aromatic rings. The lowest BCUT2D eigenvalue weighted by atomic mass is 9.82. The van der Waals surface area contributed by atoms with E-state index in [1.165, 1.54) is 25.7 Å². The highest BCUT2D eigenvalue weighted by Gasteiger charge is 2.28. The van der Waals surface area contributed by atoms with Crippen LogP contribution in [0, 0.1) is 11.8 Å². The lowest BCUT2D eigenvalue weighted by Crippen LogP contribution is -2.44. The van der Waals surface area contributed by atoms with Crippen molar-refractivity contribution in [3.63, 3.8) is 0 Å². The Hall–Kier alpha value is -2.91. The Morgan fingerprint density at radius 3 is 2.33 bits per heavy atom. The Kier molecular flexibility index (Phi) is 14.9. The first-order chi connectivity index (χ1) is 20.4. The summed E-state index contributed by atoms with van der Waals surface area (Å²) < 4.78 is 16.8. The Morgan fingerprint density at radius 1 is 0.929 bits per heavy atom. The van der Waals surface area contributed by atoms with E-state index in [0.29, 0.717) is 31.2 Å². The molecule has 2 aromatic carbocycles. The highest BCUT2D eigenvalue weighted by atomic mass is 79.9. The summed E-state index contributed by atoms with van der Waals surface area (Å²) in [4.78, 5) is 37.1. The van der Waals surface area contributed by atoms with Gasteiger partial charge in [-0.05, 0) is 68.2 Å². The molecule has 1 aliphatic carbocycles. The maximum absolute atomic E-state index is 12.6. The number of hydrogen-bond donors (Lipinski definition) is 2. The van der Waals surface area contributed by atoms with Gasteiger partial charge in [-0.1, -0.05) is 85.3 Å². The molecule has 1 atom stereocenters. The van der Waals surface area contributed by atoms with Gasteiger partial charge < -0.3 is 25.3 Å². The number of nitrogens with two attached hydrogens (primary N) is 1. The molecule has 0 saturated heterocycles. The van der Waals surface area contributed by atoms with Crippen LogP contribution < -0.4 is 15.8 Å². The second-order valence-electron chi connectivity index (χ2n) is 11.1. The average Bonchev–Trinajstić information content (AvgIpc) is 3.00. The summed E-state index contributed by atoms with van der Waals surface area (Å²) in [6, 6.07) is 13.6. The Labute approximate surface area is 258 Å². The van der Waals surface area contributed by atoms with E-state index in [-0.39, 0.29) is 24.4 Å². The molecule has 1 amide bonds. The minimum Gasteiger partial charge on any atom is -0.465 e. The van der Waals surface area contributed by atoms with Gasteiger partial charge in [0.25, 0.3) is 0 Å². The summed E-state index contributed by atoms with van der Waals surface area (Å²) in [5, 5.41) is 2.98. The maximum atomic E-state index is 12.6. The third-order valence-corrected chi connectivity index (χ3v) is 8.48. The molecule has 0 spiro atoms. The fraction of sp³-hybridized carbons (Fsp3) is 0.545. The van der Waals surface area contributed by atoms with Crippen LogP contribution in [0.1, 0.15) is 82.3 Å². The topological polar surface area (TPSA) is 117 Å². The molecule has 42 heavy (non-hydrogen) atoms. The Bertz CT molecular complexity index is 1120. The first kappa shape index (κ1) is 33.6. The second-order valence-corrected chi connectivity index (χ2v) is 11.9. The third kappa shape index (κ3) is 12.1. The van der Waals surface area contributed by atoms with Gasteiger partial charge in [-0.2, -0.15) is 0 Å². The molecule has 0 bridgehead atoms. The van der Waals surface area contributed by atoms with Crippen LogP contribution in [0.3, 0.4) is 0 Å². The molecule has 0 aliphatic heterocycles. The highest BCUT2D eigenvalue weighted by Crippen LogP contribution is 2.29. The number of amides is 1. The fourth-order valence-corrected chi connectivity index (χ4v) is 5.47. The molecular weight excluding hydrogens is 600 g/mol. The summed E-state index contributed by atoms with van der Waals surface area (Å²) in [5.41, 5.74) is 7.85. The van der Waals surface area contributed by atoms with E-state index in [9.17, 15) is 14.4 Å². The van der Waals surface area contributed by atoms with Gasteiger partial charge in [-0.25, -0.2) is 4.79 Å². The van der Waals surface area contributed by atoms with Gasteiger partial charge in [-0.15, -0.1) is 0 Å². The minimum atomic E-state index is -0.798. The van der Waals surface area contributed by atoms with Crippen molar-refractivity contribution >= 4 is 34.0 Å². The van der Waals surface area contributed by atoms with Gasteiger partial charge in [-0.3, -0.25) is 9.59 Å². The van der Waals surface area contributed by atoms with Crippen molar-refractivity contribution in [3.8, 4) is 5.75 Å². The van der Waals surface area contributed by atoms with Gasteiger partial charge in [0.05, 0.1) is 18.6 Å². The van der Waals surface area contributed by atoms with Crippen LogP contribution in [0.4, 0.5) is 4.79 Å². The van der Waals surface area contributed by atoms with Crippen LogP contribution >= 0.6 is 15.9 Å². The number of benzene rings is 2. The molecule has 0 aromatic heterocycles. The fourth-order valence-electron chi connectivity index (χ4n) is 5.07. The normalized spacial score (nSPS) is 17.2. The van der Waals surface area contributed by atoms with Crippen molar-refractivity contribution < 1.29 is 28.6 Å². The van der Waals surface area contributed by atoms with E-state index in [2.05, 4.69) is 28.2 Å². The maximum Gasteiger partial charge on any atom is 0.514 e. The molecule has 3 rings (SSSR count). The summed E-state index contributed by atoms with van der Waals surface area (Å²) in [6.45, 7) is 3.37. The molecule has 1 aliphatic rings. The Morgan fingerprint density at radius 2 is 1.62 bits per heavy atom. The van der Waals surface area contributed by atoms with Gasteiger partial charge in [0.2, 0.25) is 5.91 Å². The number of carbonyl (C=O) groups is 3. The van der Waals surface area contributed by atoms with E-state index in [4.69, 9.17) is 19.9 Å². The van der Waals surface area contributed by atoms with Gasteiger partial charge in [0, 0.05) is 16.6 Å². The van der Waals surface area contributed by atoms with Crippen LogP contribution in [-0.2, 0) is 32.1 Å². The molecule has 1 fully saturated rings. The molecule has 230 valence electrons. The predicted octanol–water partition coefficient (Wildman–Crippen LogP) is 6.86. The summed E-state index contributed by atoms with van der Waals surface area (Å²) in [7, 11) is 0. The van der Waals surface area contributed by atoms with Gasteiger partial charge in [0.1, 0.15) is 12.4 Å². The van der Waals surface area contributed by atoms with Crippen molar-refractivity contribution in [1.82, 2.24) is 5.32 Å². The first-order valence-electron chi connectivity index (χ1n) is 15.2. The highest BCUT2D eigenvalue weighted by molar-refractivity contribution is 9.10. The number of unbranched alkanes of at least 4 members (excludes halogenated alkanes) is 5. The van der Waals surface area contributed by atoms with E-state index in [1.807, 2.05) is 24.3 Å². The van der Waals surface area contributed by atoms with Crippen molar-refractivity contribution in [1.29, 1.82) is 0 Å². The zero-order valence-corrected chi connectivity index (χ0v) is 26.2. The molecule has 0 unspecified atom stereocenters. The monoisotopic (exact) mass is 644 g/mol. The first-order valence-corrected chi connectivity index (χ1v) is 16.0. The van der Waals surface area contributed by atoms with Gasteiger partial charge in [0.15, 0.2) is 0 Å². The van der Waals surface area contributed by atoms with Crippen LogP contribution in [0.15, 0.2) is 53.0 Å². The quantitative estimate of drug-likeness (QED) is 0.116. The summed E-state index contributed by atoms with van der Waals surface area (Å²) >= 11 is 3.42. The summed E-state index contributed by atoms with van der Waals surface area (Å²) in [6.07, 6.45) is 9.96. The number of hydrogen-bond acceptors (Lipinski definition) is 7. The number of halogens is 1. The molecule has 1 saturated carbocycles. The largest absolute Gasteiger partial charge is 0.514 e. The minimum absolute atomic E-state index is 0.0286. The smallest absolute Gasteiger partial charge is 0.465 e. The standard InChI is InChI=1S/C33H45BrN2O6/c1-2-3-4-5-6-9-20-40-32(38)26-16-12-25(13-17-26)22-36-31(37)30(35)21-24-14-18-28(19-15-24)42-33(39)41-23-27-10-7-8-11-29(27)34/h7-8,10-11,14-15,18-19,25-26,30H,2-6,9,12-13,16-17,20-23,35H2,1H3,(H,36,37)/t25?,26?,30-/m0/s1.